The molecule has 0 spiro atoms. The first kappa shape index (κ1) is 13.5. The highest BCUT2D eigenvalue weighted by Gasteiger charge is 2.10. The zero-order valence-electron chi connectivity index (χ0n) is 10.6. The van der Waals surface area contributed by atoms with Gasteiger partial charge >= 0.3 is 0 Å². The van der Waals surface area contributed by atoms with Crippen LogP contribution in [0.25, 0.3) is 0 Å². The van der Waals surface area contributed by atoms with E-state index in [2.05, 4.69) is 33.0 Å². The third-order valence-corrected chi connectivity index (χ3v) is 3.25. The van der Waals surface area contributed by atoms with Crippen LogP contribution in [0.3, 0.4) is 0 Å². The van der Waals surface area contributed by atoms with Crippen molar-refractivity contribution in [2.24, 2.45) is 5.73 Å². The second kappa shape index (κ2) is 5.84. The molecule has 1 aromatic heterocycles. The molecule has 0 radical (unpaired) electrons. The number of nitrogens with zero attached hydrogens (tertiary/aromatic N) is 2. The number of nitrogen functional groups attached to an aromatic ring is 1. The molecule has 0 aliphatic heterocycles. The molecule has 0 atom stereocenters. The van der Waals surface area contributed by atoms with Crippen molar-refractivity contribution in [1.29, 1.82) is 5.41 Å². The number of nitrogens with two attached hydrogens (primary N) is 1. The van der Waals surface area contributed by atoms with Crippen LogP contribution in [0, 0.1) is 5.41 Å². The van der Waals surface area contributed by atoms with Gasteiger partial charge in [-0.05, 0) is 29.8 Å². The van der Waals surface area contributed by atoms with Gasteiger partial charge < -0.3 is 10.6 Å². The standard InChI is InChI=1S/C14H15BrN4/c1-19(9-10-4-2-5-11(15)8-10)12-6-3-7-18-13(12)14(16)17/h2-8H,9H2,1H3,(H3,16,17). The molecule has 3 N–H and O–H groups in total. The second-order valence-corrected chi connectivity index (χ2v) is 5.19. The number of pyridine rings is 1. The number of hydrogen-bond donors (Lipinski definition) is 2. The summed E-state index contributed by atoms with van der Waals surface area (Å²) in [7, 11) is 1.96. The molecule has 0 aliphatic carbocycles. The first-order valence-electron chi connectivity index (χ1n) is 5.83. The molecule has 19 heavy (non-hydrogen) atoms. The van der Waals surface area contributed by atoms with Crippen molar-refractivity contribution < 1.29 is 0 Å². The van der Waals surface area contributed by atoms with E-state index >= 15 is 0 Å². The van der Waals surface area contributed by atoms with Gasteiger partial charge in [0.15, 0.2) is 0 Å². The Morgan fingerprint density at radius 2 is 2.16 bits per heavy atom. The molecule has 4 nitrogen and oxygen atoms in total. The smallest absolute Gasteiger partial charge is 0.143 e. The fourth-order valence-electron chi connectivity index (χ4n) is 1.91. The van der Waals surface area contributed by atoms with Gasteiger partial charge in [-0.1, -0.05) is 28.1 Å². The molecule has 0 aliphatic rings. The fourth-order valence-corrected chi connectivity index (χ4v) is 2.35. The van der Waals surface area contributed by atoms with Crippen molar-refractivity contribution in [3.05, 3.63) is 58.3 Å². The molecule has 0 bridgehead atoms. The van der Waals surface area contributed by atoms with Crippen molar-refractivity contribution in [1.82, 2.24) is 4.98 Å². The molecule has 0 saturated heterocycles. The lowest BCUT2D eigenvalue weighted by Gasteiger charge is -2.21. The van der Waals surface area contributed by atoms with Gasteiger partial charge in [-0.25, -0.2) is 0 Å². The van der Waals surface area contributed by atoms with Crippen LogP contribution in [0.5, 0.6) is 0 Å². The summed E-state index contributed by atoms with van der Waals surface area (Å²) < 4.78 is 1.05. The van der Waals surface area contributed by atoms with E-state index in [0.717, 1.165) is 16.7 Å². The maximum absolute atomic E-state index is 7.56. The second-order valence-electron chi connectivity index (χ2n) is 4.27. The van der Waals surface area contributed by atoms with E-state index in [1.165, 1.54) is 5.56 Å². The van der Waals surface area contributed by atoms with E-state index in [4.69, 9.17) is 11.1 Å². The summed E-state index contributed by atoms with van der Waals surface area (Å²) in [5.41, 5.74) is 8.10. The van der Waals surface area contributed by atoms with Crippen LogP contribution in [0.15, 0.2) is 47.1 Å². The van der Waals surface area contributed by atoms with E-state index in [1.807, 2.05) is 36.2 Å². The van der Waals surface area contributed by atoms with Crippen molar-refractivity contribution in [3.8, 4) is 0 Å². The highest BCUT2D eigenvalue weighted by molar-refractivity contribution is 9.10. The first-order chi connectivity index (χ1) is 9.08. The third-order valence-electron chi connectivity index (χ3n) is 2.76. The number of benzene rings is 1. The van der Waals surface area contributed by atoms with Crippen molar-refractivity contribution >= 4 is 27.5 Å². The molecule has 1 heterocycles. The minimum atomic E-state index is -0.0170. The molecule has 0 unspecified atom stereocenters. The van der Waals surface area contributed by atoms with Crippen LogP contribution in [-0.4, -0.2) is 17.9 Å². The highest BCUT2D eigenvalue weighted by atomic mass is 79.9. The van der Waals surface area contributed by atoms with Crippen molar-refractivity contribution in [3.63, 3.8) is 0 Å². The summed E-state index contributed by atoms with van der Waals surface area (Å²) >= 11 is 3.46. The van der Waals surface area contributed by atoms with Gasteiger partial charge in [0.05, 0.1) is 5.69 Å². The minimum absolute atomic E-state index is 0.0170. The zero-order valence-corrected chi connectivity index (χ0v) is 12.2. The van der Waals surface area contributed by atoms with Gasteiger partial charge in [0, 0.05) is 24.3 Å². The third kappa shape index (κ3) is 3.32. The van der Waals surface area contributed by atoms with Gasteiger partial charge in [0.2, 0.25) is 0 Å². The van der Waals surface area contributed by atoms with Gasteiger partial charge in [0.1, 0.15) is 11.5 Å². The molecule has 0 amide bonds. The Morgan fingerprint density at radius 1 is 1.37 bits per heavy atom. The Balaban J connectivity index is 2.25. The molecule has 2 aromatic rings. The van der Waals surface area contributed by atoms with Crippen LogP contribution in [-0.2, 0) is 6.54 Å². The number of anilines is 1. The summed E-state index contributed by atoms with van der Waals surface area (Å²) in [4.78, 5) is 6.19. The topological polar surface area (TPSA) is 66.0 Å². The van der Waals surface area contributed by atoms with Gasteiger partial charge in [0.25, 0.3) is 0 Å². The maximum Gasteiger partial charge on any atom is 0.143 e. The largest absolute Gasteiger partial charge is 0.382 e. The summed E-state index contributed by atoms with van der Waals surface area (Å²) in [5.74, 6) is -0.0170. The molecule has 1 aromatic carbocycles. The molecular formula is C14H15BrN4. The summed E-state index contributed by atoms with van der Waals surface area (Å²) in [6.07, 6.45) is 1.65. The lowest BCUT2D eigenvalue weighted by Crippen LogP contribution is -2.23. The number of nitrogens with one attached hydrogen (secondary N) is 1. The van der Waals surface area contributed by atoms with Gasteiger partial charge in [-0.15, -0.1) is 0 Å². The summed E-state index contributed by atoms with van der Waals surface area (Å²) in [6.45, 7) is 0.728. The highest BCUT2D eigenvalue weighted by Crippen LogP contribution is 2.20. The van der Waals surface area contributed by atoms with E-state index in [-0.39, 0.29) is 5.84 Å². The van der Waals surface area contributed by atoms with Crippen LogP contribution >= 0.6 is 15.9 Å². The average molecular weight is 319 g/mol. The van der Waals surface area contributed by atoms with Crippen LogP contribution < -0.4 is 10.6 Å². The zero-order chi connectivity index (χ0) is 13.8. The predicted octanol–water partition coefficient (Wildman–Crippen LogP) is 2.76. The maximum atomic E-state index is 7.56. The van der Waals surface area contributed by atoms with Gasteiger partial charge in [-0.3, -0.25) is 10.4 Å². The van der Waals surface area contributed by atoms with Crippen molar-refractivity contribution in [2.75, 3.05) is 11.9 Å². The minimum Gasteiger partial charge on any atom is -0.382 e. The van der Waals surface area contributed by atoms with Gasteiger partial charge in [-0.2, -0.15) is 0 Å². The lowest BCUT2D eigenvalue weighted by molar-refractivity contribution is 0.914. The molecule has 0 saturated carbocycles. The predicted molar refractivity (Wildman–Crippen MR) is 81.5 cm³/mol. The Labute approximate surface area is 120 Å². The normalized spacial score (nSPS) is 10.2. The Hall–Kier alpha value is -1.88. The Kier molecular flexibility index (Phi) is 4.16. The lowest BCUT2D eigenvalue weighted by atomic mass is 10.2. The summed E-state index contributed by atoms with van der Waals surface area (Å²) in [6, 6.07) is 11.9. The fraction of sp³-hybridized carbons (Fsp3) is 0.143. The molecule has 5 heteroatoms. The van der Waals surface area contributed by atoms with Crippen LogP contribution in [0.2, 0.25) is 0 Å². The van der Waals surface area contributed by atoms with Crippen LogP contribution in [0.4, 0.5) is 5.69 Å². The van der Waals surface area contributed by atoms with Crippen molar-refractivity contribution in [2.45, 2.75) is 6.54 Å². The van der Waals surface area contributed by atoms with E-state index in [0.29, 0.717) is 5.69 Å². The summed E-state index contributed by atoms with van der Waals surface area (Å²) in [5, 5.41) is 7.56. The SMILES string of the molecule is CN(Cc1cccc(Br)c1)c1cccnc1C(=N)N. The number of hydrogen-bond acceptors (Lipinski definition) is 3. The number of aromatic nitrogens is 1. The number of rotatable bonds is 4. The first-order valence-corrected chi connectivity index (χ1v) is 6.62. The monoisotopic (exact) mass is 318 g/mol. The number of halogens is 1. The van der Waals surface area contributed by atoms with E-state index in [9.17, 15) is 0 Å². The molecule has 98 valence electrons. The van der Waals surface area contributed by atoms with Crippen LogP contribution in [0.1, 0.15) is 11.3 Å². The molecule has 2 rings (SSSR count). The Morgan fingerprint density at radius 3 is 2.84 bits per heavy atom. The van der Waals surface area contributed by atoms with E-state index < -0.39 is 0 Å². The number of amidine groups is 1. The quantitative estimate of drug-likeness (QED) is 0.673. The Bertz CT molecular complexity index is 598. The molecule has 0 fully saturated rings. The average Bonchev–Trinajstić information content (AvgIpc) is 2.38. The van der Waals surface area contributed by atoms with E-state index in [1.54, 1.807) is 6.20 Å². The molecular weight excluding hydrogens is 304 g/mol.